The molecule has 0 saturated carbocycles. The van der Waals surface area contributed by atoms with E-state index in [9.17, 15) is 13.2 Å². The summed E-state index contributed by atoms with van der Waals surface area (Å²) < 4.78 is 27.1. The van der Waals surface area contributed by atoms with Gasteiger partial charge in [0.05, 0.1) is 5.69 Å². The summed E-state index contributed by atoms with van der Waals surface area (Å²) in [5, 5.41) is 2.68. The molecule has 1 rings (SSSR count). The van der Waals surface area contributed by atoms with Crippen molar-refractivity contribution in [1.82, 2.24) is 10.0 Å². The van der Waals surface area contributed by atoms with E-state index in [4.69, 9.17) is 5.73 Å². The predicted octanol–water partition coefficient (Wildman–Crippen LogP) is 1.22. The highest BCUT2D eigenvalue weighted by atomic mass is 79.9. The van der Waals surface area contributed by atoms with Crippen molar-refractivity contribution in [3.63, 3.8) is 0 Å². The summed E-state index contributed by atoms with van der Waals surface area (Å²) in [6.45, 7) is 3.70. The van der Waals surface area contributed by atoms with Crippen LogP contribution in [0.2, 0.25) is 0 Å². The molecule has 1 aromatic carbocycles. The summed E-state index contributed by atoms with van der Waals surface area (Å²) in [6, 6.07) is 4.55. The molecular formula is C12H18BrN3O3S. The van der Waals surface area contributed by atoms with Crippen molar-refractivity contribution in [3.8, 4) is 0 Å². The van der Waals surface area contributed by atoms with E-state index in [1.807, 2.05) is 13.8 Å². The second kappa shape index (κ2) is 7.05. The van der Waals surface area contributed by atoms with Crippen molar-refractivity contribution >= 4 is 37.5 Å². The van der Waals surface area contributed by atoms with E-state index in [1.165, 1.54) is 12.1 Å². The van der Waals surface area contributed by atoms with Crippen LogP contribution in [0.4, 0.5) is 5.69 Å². The van der Waals surface area contributed by atoms with Crippen molar-refractivity contribution in [3.05, 3.63) is 22.7 Å². The third-order valence-corrected chi connectivity index (χ3v) is 4.38. The number of nitrogen functional groups attached to an aromatic ring is 1. The van der Waals surface area contributed by atoms with E-state index in [0.717, 1.165) is 0 Å². The van der Waals surface area contributed by atoms with Gasteiger partial charge in [0.25, 0.3) is 0 Å². The number of sulfonamides is 1. The smallest absolute Gasteiger partial charge is 0.242 e. The number of carbonyl (C=O) groups is 1. The second-order valence-corrected chi connectivity index (χ2v) is 7.20. The number of amides is 1. The molecule has 0 saturated heterocycles. The molecule has 6 nitrogen and oxygen atoms in total. The van der Waals surface area contributed by atoms with Crippen LogP contribution in [0.3, 0.4) is 0 Å². The first-order valence-corrected chi connectivity index (χ1v) is 8.34. The lowest BCUT2D eigenvalue weighted by molar-refractivity contribution is -0.121. The highest BCUT2D eigenvalue weighted by Gasteiger charge is 2.17. The summed E-state index contributed by atoms with van der Waals surface area (Å²) in [7, 11) is -3.71. The van der Waals surface area contributed by atoms with Gasteiger partial charge >= 0.3 is 0 Å². The molecule has 0 atom stereocenters. The SMILES string of the molecule is CC(C)NC(=O)CCNS(=O)(=O)c1ccc(Br)cc1N. The predicted molar refractivity (Wildman–Crippen MR) is 81.6 cm³/mol. The number of anilines is 1. The molecule has 0 spiro atoms. The molecular weight excluding hydrogens is 346 g/mol. The van der Waals surface area contributed by atoms with Crippen molar-refractivity contribution in [1.29, 1.82) is 0 Å². The van der Waals surface area contributed by atoms with Gasteiger partial charge in [-0.1, -0.05) is 15.9 Å². The molecule has 20 heavy (non-hydrogen) atoms. The average Bonchev–Trinajstić information content (AvgIpc) is 2.26. The average molecular weight is 364 g/mol. The molecule has 0 fully saturated rings. The lowest BCUT2D eigenvalue weighted by Gasteiger charge is -2.10. The van der Waals surface area contributed by atoms with Gasteiger partial charge in [0.15, 0.2) is 0 Å². The fourth-order valence-corrected chi connectivity index (χ4v) is 3.06. The topological polar surface area (TPSA) is 101 Å². The highest BCUT2D eigenvalue weighted by molar-refractivity contribution is 9.10. The summed E-state index contributed by atoms with van der Waals surface area (Å²) in [5.41, 5.74) is 5.83. The Balaban J connectivity index is 2.64. The molecule has 0 aliphatic rings. The minimum absolute atomic E-state index is 0.00460. The van der Waals surface area contributed by atoms with Crippen molar-refractivity contribution < 1.29 is 13.2 Å². The van der Waals surface area contributed by atoms with Gasteiger partial charge in [-0.05, 0) is 32.0 Å². The van der Waals surface area contributed by atoms with Crippen LogP contribution < -0.4 is 15.8 Å². The van der Waals surface area contributed by atoms with E-state index in [2.05, 4.69) is 26.0 Å². The summed E-state index contributed by atoms with van der Waals surface area (Å²) >= 11 is 3.21. The molecule has 0 aromatic heterocycles. The Bertz CT molecular complexity index is 588. The number of carbonyl (C=O) groups excluding carboxylic acids is 1. The zero-order valence-corrected chi connectivity index (χ0v) is 13.7. The van der Waals surface area contributed by atoms with Gasteiger partial charge in [0.2, 0.25) is 15.9 Å². The van der Waals surface area contributed by atoms with Crippen LogP contribution in [0.1, 0.15) is 20.3 Å². The molecule has 1 amide bonds. The van der Waals surface area contributed by atoms with Crippen molar-refractivity contribution in [2.45, 2.75) is 31.2 Å². The number of rotatable bonds is 6. The zero-order valence-electron chi connectivity index (χ0n) is 11.3. The molecule has 0 aliphatic heterocycles. The van der Waals surface area contributed by atoms with E-state index in [-0.39, 0.29) is 35.5 Å². The Morgan fingerprint density at radius 3 is 2.60 bits per heavy atom. The van der Waals surface area contributed by atoms with Gasteiger partial charge in [-0.25, -0.2) is 13.1 Å². The first kappa shape index (κ1) is 16.9. The maximum Gasteiger partial charge on any atom is 0.242 e. The summed E-state index contributed by atoms with van der Waals surface area (Å²) in [4.78, 5) is 11.4. The Morgan fingerprint density at radius 2 is 2.05 bits per heavy atom. The Kier molecular flexibility index (Phi) is 5.97. The fraction of sp³-hybridized carbons (Fsp3) is 0.417. The molecule has 0 bridgehead atoms. The lowest BCUT2D eigenvalue weighted by atomic mass is 10.3. The van der Waals surface area contributed by atoms with Crippen LogP contribution in [0, 0.1) is 0 Å². The summed E-state index contributed by atoms with van der Waals surface area (Å²) in [6.07, 6.45) is 0.0772. The van der Waals surface area contributed by atoms with Gasteiger partial charge in [0.1, 0.15) is 4.90 Å². The first-order valence-electron chi connectivity index (χ1n) is 6.06. The monoisotopic (exact) mass is 363 g/mol. The fourth-order valence-electron chi connectivity index (χ4n) is 1.53. The number of nitrogens with two attached hydrogens (primary N) is 1. The van der Waals surface area contributed by atoms with Gasteiger partial charge < -0.3 is 11.1 Å². The maximum atomic E-state index is 12.0. The Morgan fingerprint density at radius 1 is 1.40 bits per heavy atom. The number of hydrogen-bond acceptors (Lipinski definition) is 4. The minimum Gasteiger partial charge on any atom is -0.398 e. The lowest BCUT2D eigenvalue weighted by Crippen LogP contribution is -2.34. The molecule has 1 aromatic rings. The third kappa shape index (κ3) is 5.10. The van der Waals surface area contributed by atoms with Crippen LogP contribution in [-0.4, -0.2) is 26.9 Å². The number of nitrogens with one attached hydrogen (secondary N) is 2. The van der Waals surface area contributed by atoms with Crippen LogP contribution in [-0.2, 0) is 14.8 Å². The molecule has 112 valence electrons. The number of halogens is 1. The largest absolute Gasteiger partial charge is 0.398 e. The molecule has 0 heterocycles. The molecule has 8 heteroatoms. The van der Waals surface area contributed by atoms with Crippen LogP contribution in [0.15, 0.2) is 27.6 Å². The zero-order chi connectivity index (χ0) is 15.3. The highest BCUT2D eigenvalue weighted by Crippen LogP contribution is 2.22. The van der Waals surface area contributed by atoms with Crippen LogP contribution in [0.5, 0.6) is 0 Å². The van der Waals surface area contributed by atoms with Crippen LogP contribution in [0.25, 0.3) is 0 Å². The van der Waals surface area contributed by atoms with Crippen molar-refractivity contribution in [2.24, 2.45) is 0 Å². The third-order valence-electron chi connectivity index (χ3n) is 2.36. The van der Waals surface area contributed by atoms with E-state index in [1.54, 1.807) is 6.07 Å². The molecule has 0 aliphatic carbocycles. The normalized spacial score (nSPS) is 11.6. The number of benzene rings is 1. The number of hydrogen-bond donors (Lipinski definition) is 3. The second-order valence-electron chi connectivity index (χ2n) is 4.55. The van der Waals surface area contributed by atoms with E-state index < -0.39 is 10.0 Å². The van der Waals surface area contributed by atoms with Gasteiger partial charge in [0, 0.05) is 23.5 Å². The molecule has 4 N–H and O–H groups in total. The standard InChI is InChI=1S/C12H18BrN3O3S/c1-8(2)16-12(17)5-6-15-20(18,19)11-4-3-9(13)7-10(11)14/h3-4,7-8,15H,5-6,14H2,1-2H3,(H,16,17). The van der Waals surface area contributed by atoms with E-state index >= 15 is 0 Å². The van der Waals surface area contributed by atoms with Gasteiger partial charge in [-0.3, -0.25) is 4.79 Å². The summed E-state index contributed by atoms with van der Waals surface area (Å²) in [5.74, 6) is -0.202. The van der Waals surface area contributed by atoms with Crippen molar-refractivity contribution in [2.75, 3.05) is 12.3 Å². The van der Waals surface area contributed by atoms with E-state index in [0.29, 0.717) is 4.47 Å². The van der Waals surface area contributed by atoms with Crippen LogP contribution >= 0.6 is 15.9 Å². The van der Waals surface area contributed by atoms with Gasteiger partial charge in [-0.2, -0.15) is 0 Å². The molecule has 0 radical (unpaired) electrons. The Labute approximate surface area is 127 Å². The van der Waals surface area contributed by atoms with Gasteiger partial charge in [-0.15, -0.1) is 0 Å². The quantitative estimate of drug-likeness (QED) is 0.661. The Hall–Kier alpha value is -1.12. The first-order chi connectivity index (χ1) is 9.22. The molecule has 0 unspecified atom stereocenters. The maximum absolute atomic E-state index is 12.0. The minimum atomic E-state index is -3.71.